The van der Waals surface area contributed by atoms with Crippen LogP contribution in [0.1, 0.15) is 51.1 Å². The Bertz CT molecular complexity index is 3150. The molecule has 492 valence electrons. The molecule has 4 amide bonds. The summed E-state index contributed by atoms with van der Waals surface area (Å²) < 4.78 is 56.3. The Hall–Kier alpha value is -8.20. The van der Waals surface area contributed by atoms with Gasteiger partial charge in [-0.2, -0.15) is 0 Å². The highest BCUT2D eigenvalue weighted by molar-refractivity contribution is 6.06. The Labute approximate surface area is 515 Å². The lowest BCUT2D eigenvalue weighted by Crippen LogP contribution is -2.60. The number of hydrogen-bond donors (Lipinski definition) is 10. The first kappa shape index (κ1) is 65.7. The molecule has 4 saturated heterocycles. The third-order valence-electron chi connectivity index (χ3n) is 16.5. The number of fused-ring (bicyclic) bond motifs is 4. The Morgan fingerprint density at radius 3 is 1.32 bits per heavy atom. The maximum Gasteiger partial charge on any atom is 0.416 e. The van der Waals surface area contributed by atoms with Crippen LogP contribution in [0, 0.1) is 20.2 Å². The second-order valence-electron chi connectivity index (χ2n) is 21.9. The molecule has 4 aromatic carbocycles. The molecule has 34 heteroatoms. The number of nitro benzene ring substituents is 2. The van der Waals surface area contributed by atoms with Crippen molar-refractivity contribution in [3.63, 3.8) is 0 Å². The van der Waals surface area contributed by atoms with E-state index in [1.54, 1.807) is 0 Å². The van der Waals surface area contributed by atoms with Gasteiger partial charge in [0.25, 0.3) is 11.8 Å². The fourth-order valence-corrected chi connectivity index (χ4v) is 11.8. The molecule has 6 unspecified atom stereocenters. The molecule has 4 fully saturated rings. The maximum absolute atomic E-state index is 14.3. The van der Waals surface area contributed by atoms with Gasteiger partial charge in [0, 0.05) is 38.4 Å². The van der Waals surface area contributed by atoms with E-state index in [9.17, 15) is 90.5 Å². The van der Waals surface area contributed by atoms with Crippen molar-refractivity contribution >= 4 is 46.8 Å². The van der Waals surface area contributed by atoms with E-state index < -0.39 is 181 Å². The molecule has 0 aromatic heterocycles. The van der Waals surface area contributed by atoms with Gasteiger partial charge in [-0.25, -0.2) is 19.4 Å². The molecule has 91 heavy (non-hydrogen) atoms. The molecule has 6 aliphatic heterocycles. The number of aliphatic hydroxyl groups excluding tert-OH is 10. The molecule has 0 bridgehead atoms. The number of ether oxygens (including phenoxy) is 10. The topological polar surface area (TPSA) is 462 Å². The Morgan fingerprint density at radius 2 is 0.956 bits per heavy atom. The number of hydrogen-bond acceptors (Lipinski definition) is 28. The van der Waals surface area contributed by atoms with E-state index in [4.69, 9.17) is 47.4 Å². The highest BCUT2D eigenvalue weighted by Gasteiger charge is 2.53. The third-order valence-corrected chi connectivity index (χ3v) is 16.5. The first-order valence-electron chi connectivity index (χ1n) is 28.6. The van der Waals surface area contributed by atoms with Crippen molar-refractivity contribution in [2.75, 3.05) is 63.5 Å². The van der Waals surface area contributed by atoms with E-state index in [1.807, 2.05) is 0 Å². The zero-order chi connectivity index (χ0) is 65.3. The number of methoxy groups -OCH3 is 2. The molecule has 16 atom stereocenters. The van der Waals surface area contributed by atoms with Crippen molar-refractivity contribution in [1.29, 1.82) is 0 Å². The van der Waals surface area contributed by atoms with E-state index in [2.05, 4.69) is 0 Å². The summed E-state index contributed by atoms with van der Waals surface area (Å²) in [4.78, 5) is 84.4. The molecule has 6 heterocycles. The second-order valence-corrected chi connectivity index (χ2v) is 21.9. The van der Waals surface area contributed by atoms with Crippen LogP contribution in [0.5, 0.6) is 23.0 Å². The number of benzene rings is 4. The van der Waals surface area contributed by atoms with Crippen LogP contribution in [0.15, 0.2) is 72.8 Å². The predicted molar refractivity (Wildman–Crippen MR) is 301 cm³/mol. The summed E-state index contributed by atoms with van der Waals surface area (Å²) in [5.74, 6) is -1.61. The summed E-state index contributed by atoms with van der Waals surface area (Å²) in [6.07, 6.45) is -24.4. The zero-order valence-electron chi connectivity index (χ0n) is 48.4. The fraction of sp³-hybridized carbons (Fsp3) is 0.509. The molecule has 0 radical (unpaired) electrons. The number of rotatable bonds is 20. The Kier molecular flexibility index (Phi) is 20.0. The maximum atomic E-state index is 14.3. The summed E-state index contributed by atoms with van der Waals surface area (Å²) in [5.41, 5.74) is -1.53. The van der Waals surface area contributed by atoms with Crippen LogP contribution in [-0.4, -0.2) is 247 Å². The number of carbonyl (C=O) groups excluding carboxylic acids is 4. The van der Waals surface area contributed by atoms with Crippen LogP contribution in [0.3, 0.4) is 0 Å². The minimum atomic E-state index is -1.89. The molecular weight excluding hydrogens is 1220 g/mol. The van der Waals surface area contributed by atoms with Gasteiger partial charge in [0.15, 0.2) is 24.0 Å². The van der Waals surface area contributed by atoms with Crippen LogP contribution >= 0.6 is 0 Å². The summed E-state index contributed by atoms with van der Waals surface area (Å²) in [5, 5.41) is 130. The highest BCUT2D eigenvalue weighted by Crippen LogP contribution is 2.42. The van der Waals surface area contributed by atoms with Gasteiger partial charge in [-0.3, -0.25) is 29.8 Å². The van der Waals surface area contributed by atoms with Crippen molar-refractivity contribution in [3.8, 4) is 23.0 Å². The minimum Gasteiger partial charge on any atom is -0.497 e. The molecule has 0 saturated carbocycles. The number of carbonyl (C=O) groups is 4. The fourth-order valence-electron chi connectivity index (χ4n) is 11.8. The summed E-state index contributed by atoms with van der Waals surface area (Å²) in [6, 6.07) is 12.8. The lowest BCUT2D eigenvalue weighted by atomic mass is 9.99. The van der Waals surface area contributed by atoms with Gasteiger partial charge in [0.2, 0.25) is 12.6 Å². The van der Waals surface area contributed by atoms with Crippen LogP contribution in [-0.2, 0) is 41.6 Å². The Balaban J connectivity index is 0.793. The zero-order valence-corrected chi connectivity index (χ0v) is 48.4. The van der Waals surface area contributed by atoms with Crippen molar-refractivity contribution in [1.82, 2.24) is 9.80 Å². The van der Waals surface area contributed by atoms with Gasteiger partial charge in [0.1, 0.15) is 85.6 Å². The highest BCUT2D eigenvalue weighted by atomic mass is 16.7. The predicted octanol–water partition coefficient (Wildman–Crippen LogP) is -0.882. The lowest BCUT2D eigenvalue weighted by molar-refractivity contribution is -0.387. The van der Waals surface area contributed by atoms with Gasteiger partial charge < -0.3 is 108 Å². The average molecular weight is 1280 g/mol. The molecular formula is C57H66N6O28. The number of nitrogens with zero attached hydrogens (tertiary/aromatic N) is 6. The smallest absolute Gasteiger partial charge is 0.416 e. The van der Waals surface area contributed by atoms with E-state index in [-0.39, 0.29) is 90.7 Å². The summed E-state index contributed by atoms with van der Waals surface area (Å²) >= 11 is 0. The molecule has 4 aromatic rings. The van der Waals surface area contributed by atoms with Crippen LogP contribution in [0.25, 0.3) is 0 Å². The SMILES string of the molecule is COc1ccc2c(c1)C(=O)N1CCC(OCCCOC3CCN4C(=O)c5cc(OC)ccc5N(C(=O)OCc5ccc(OC6O[C@H](CO)[C@H](O)[C@H](O)[C@H]6O)c([N+](=O)[O-])c5)[C@@H](O)[C@H]34)C1C(O)N2C(=O)OCc1ccc(OC2O[C@H](CO)[C@H](O)[C@H](O)[C@H]2O)c([N+](=O)[O-])c1. The van der Waals surface area contributed by atoms with Crippen LogP contribution in [0.4, 0.5) is 32.3 Å². The minimum absolute atomic E-state index is 0.0411. The van der Waals surface area contributed by atoms with E-state index >= 15 is 0 Å². The normalized spacial score (nSPS) is 29.5. The first-order chi connectivity index (χ1) is 43.6. The second kappa shape index (κ2) is 27.7. The monoisotopic (exact) mass is 1280 g/mol. The molecule has 0 aliphatic carbocycles. The number of anilines is 2. The van der Waals surface area contributed by atoms with Crippen molar-refractivity contribution in [3.05, 3.63) is 115 Å². The van der Waals surface area contributed by atoms with Crippen LogP contribution < -0.4 is 28.7 Å². The quantitative estimate of drug-likeness (QED) is 0.0292. The van der Waals surface area contributed by atoms with Gasteiger partial charge in [0.05, 0.1) is 72.0 Å². The number of nitro groups is 2. The summed E-state index contributed by atoms with van der Waals surface area (Å²) in [7, 11) is 2.73. The largest absolute Gasteiger partial charge is 0.497 e. The van der Waals surface area contributed by atoms with E-state index in [0.29, 0.717) is 0 Å². The van der Waals surface area contributed by atoms with Crippen molar-refractivity contribution in [2.24, 2.45) is 0 Å². The molecule has 10 N–H and O–H groups in total. The molecule has 0 spiro atoms. The molecule has 6 aliphatic rings. The van der Waals surface area contributed by atoms with Crippen LogP contribution in [0.2, 0.25) is 0 Å². The van der Waals surface area contributed by atoms with Gasteiger partial charge in [-0.1, -0.05) is 12.1 Å². The van der Waals surface area contributed by atoms with E-state index in [1.165, 1.54) is 72.6 Å². The average Bonchev–Trinajstić information content (AvgIpc) is 1.64. The van der Waals surface area contributed by atoms with E-state index in [0.717, 1.165) is 34.1 Å². The molecule has 10 rings (SSSR count). The lowest BCUT2D eigenvalue weighted by Gasteiger charge is -2.39. The Morgan fingerprint density at radius 1 is 0.560 bits per heavy atom. The standard InChI is InChI=1S/C57H66N6O28/c1-82-28-6-8-32-30(20-28)50(72)58-14-12-38(42(58)52(74)60(32)56(76)86-24-26-4-10-36(34(18-26)62(78)79)88-54-48(70)46(68)44(66)40(22-64)90-54)84-16-3-17-85-39-13-15-59-43(39)53(75)61(33-9-7-29(83-2)21-31(33)51(59)73)57(77)87-25-27-5-11-37(35(19-27)63(80)81)89-55-49(71)47(69)45(67)41(23-65)91-55/h4-11,18-21,38-49,52-55,64-71,74-75H,3,12-17,22-25H2,1-2H3/t38?,39?,40-,41-,42+,43?,44+,45+,46+,47+,48-,49-,52+,53?,54?,55?/m1/s1. The number of amides is 4. The first-order valence-corrected chi connectivity index (χ1v) is 28.6. The summed E-state index contributed by atoms with van der Waals surface area (Å²) in [6.45, 7) is -2.81. The van der Waals surface area contributed by atoms with Gasteiger partial charge >= 0.3 is 23.6 Å². The molecule has 34 nitrogen and oxygen atoms in total. The number of aliphatic hydroxyl groups is 10. The van der Waals surface area contributed by atoms with Crippen molar-refractivity contribution in [2.45, 2.75) is 131 Å². The van der Waals surface area contributed by atoms with Gasteiger partial charge in [-0.05, 0) is 78.9 Å². The van der Waals surface area contributed by atoms with Crippen molar-refractivity contribution < 1.29 is 127 Å². The van der Waals surface area contributed by atoms with Gasteiger partial charge in [-0.15, -0.1) is 0 Å². The third kappa shape index (κ3) is 13.0.